The van der Waals surface area contributed by atoms with Crippen LogP contribution in [0.1, 0.15) is 52.9 Å². The number of hydrogen-bond acceptors (Lipinski definition) is 2. The summed E-state index contributed by atoms with van der Waals surface area (Å²) >= 11 is 0. The lowest BCUT2D eigenvalue weighted by Crippen LogP contribution is -2.41. The van der Waals surface area contributed by atoms with Crippen molar-refractivity contribution >= 4 is 0 Å². The van der Waals surface area contributed by atoms with Gasteiger partial charge in [0, 0.05) is 18.6 Å². The predicted molar refractivity (Wildman–Crippen MR) is 71.5 cm³/mol. The molecule has 96 valence electrons. The van der Waals surface area contributed by atoms with Crippen molar-refractivity contribution in [1.82, 2.24) is 4.90 Å². The van der Waals surface area contributed by atoms with Crippen LogP contribution in [-0.4, -0.2) is 30.6 Å². The van der Waals surface area contributed by atoms with E-state index < -0.39 is 0 Å². The molecule has 2 nitrogen and oxygen atoms in total. The lowest BCUT2D eigenvalue weighted by molar-refractivity contribution is 0.142. The Morgan fingerprint density at radius 3 is 2.19 bits per heavy atom. The van der Waals surface area contributed by atoms with Crippen LogP contribution in [0.25, 0.3) is 0 Å². The van der Waals surface area contributed by atoms with Crippen LogP contribution in [0, 0.1) is 11.8 Å². The van der Waals surface area contributed by atoms with Crippen molar-refractivity contribution in [2.45, 2.75) is 65.0 Å². The second-order valence-corrected chi connectivity index (χ2v) is 5.86. The molecule has 1 rings (SSSR count). The molecule has 2 atom stereocenters. The van der Waals surface area contributed by atoms with E-state index in [1.165, 1.54) is 32.1 Å². The van der Waals surface area contributed by atoms with Crippen LogP contribution in [0.2, 0.25) is 0 Å². The van der Waals surface area contributed by atoms with Crippen LogP contribution in [0.5, 0.6) is 0 Å². The Labute approximate surface area is 102 Å². The summed E-state index contributed by atoms with van der Waals surface area (Å²) in [7, 11) is 2.27. The quantitative estimate of drug-likeness (QED) is 0.781. The Morgan fingerprint density at radius 1 is 1.19 bits per heavy atom. The second-order valence-electron chi connectivity index (χ2n) is 5.86. The molecule has 1 fully saturated rings. The molecule has 0 amide bonds. The maximum Gasteiger partial charge on any atom is 0.00925 e. The van der Waals surface area contributed by atoms with Gasteiger partial charge in [-0.15, -0.1) is 0 Å². The zero-order chi connectivity index (χ0) is 12.1. The summed E-state index contributed by atoms with van der Waals surface area (Å²) in [5.41, 5.74) is 5.93. The summed E-state index contributed by atoms with van der Waals surface area (Å²) in [5.74, 6) is 1.60. The lowest BCUT2D eigenvalue weighted by Gasteiger charge is -2.36. The number of nitrogens with two attached hydrogens (primary N) is 1. The smallest absolute Gasteiger partial charge is 0.00925 e. The van der Waals surface area contributed by atoms with Gasteiger partial charge in [0.2, 0.25) is 0 Å². The highest BCUT2D eigenvalue weighted by molar-refractivity contribution is 4.79. The molecule has 0 saturated heterocycles. The summed E-state index contributed by atoms with van der Waals surface area (Å²) in [6, 6.07) is 1.12. The Balaban J connectivity index is 2.30. The van der Waals surface area contributed by atoms with Crippen LogP contribution in [0.15, 0.2) is 0 Å². The largest absolute Gasteiger partial charge is 0.328 e. The van der Waals surface area contributed by atoms with Crippen LogP contribution >= 0.6 is 0 Å². The highest BCUT2D eigenvalue weighted by atomic mass is 15.1. The van der Waals surface area contributed by atoms with Gasteiger partial charge in [0.15, 0.2) is 0 Å². The maximum absolute atomic E-state index is 5.93. The summed E-state index contributed by atoms with van der Waals surface area (Å²) in [4.78, 5) is 2.54. The van der Waals surface area contributed by atoms with E-state index in [1.807, 2.05) is 0 Å². The van der Waals surface area contributed by atoms with E-state index in [4.69, 9.17) is 5.73 Å². The molecule has 0 heterocycles. The molecule has 0 aromatic carbocycles. The van der Waals surface area contributed by atoms with Gasteiger partial charge in [0.1, 0.15) is 0 Å². The Morgan fingerprint density at radius 2 is 1.75 bits per heavy atom. The fourth-order valence-electron chi connectivity index (χ4n) is 2.76. The number of hydrogen-bond donors (Lipinski definition) is 1. The van der Waals surface area contributed by atoms with Gasteiger partial charge in [-0.25, -0.2) is 0 Å². The van der Waals surface area contributed by atoms with Gasteiger partial charge in [0.25, 0.3) is 0 Å². The molecular formula is C14H30N2. The highest BCUT2D eigenvalue weighted by Gasteiger charge is 2.24. The molecular weight excluding hydrogens is 196 g/mol. The van der Waals surface area contributed by atoms with Crippen molar-refractivity contribution in [2.75, 3.05) is 13.6 Å². The zero-order valence-corrected chi connectivity index (χ0v) is 11.6. The number of rotatable bonds is 5. The monoisotopic (exact) mass is 226 g/mol. The van der Waals surface area contributed by atoms with Crippen molar-refractivity contribution in [3.05, 3.63) is 0 Å². The van der Waals surface area contributed by atoms with E-state index >= 15 is 0 Å². The van der Waals surface area contributed by atoms with E-state index in [0.29, 0.717) is 12.0 Å². The standard InChI is InChI=1S/C14H30N2/c1-5-13-6-8-14(9-7-13)16(4)10-11(2)12(3)15/h11-14H,5-10,15H2,1-4H3. The van der Waals surface area contributed by atoms with Gasteiger partial charge in [0.05, 0.1) is 0 Å². The molecule has 1 saturated carbocycles. The summed E-state index contributed by atoms with van der Waals surface area (Å²) in [5, 5.41) is 0. The second kappa shape index (κ2) is 6.61. The van der Waals surface area contributed by atoms with E-state index in [2.05, 4.69) is 32.7 Å². The molecule has 0 radical (unpaired) electrons. The van der Waals surface area contributed by atoms with Crippen molar-refractivity contribution < 1.29 is 0 Å². The van der Waals surface area contributed by atoms with E-state index in [1.54, 1.807) is 0 Å². The fraction of sp³-hybridized carbons (Fsp3) is 1.00. The zero-order valence-electron chi connectivity index (χ0n) is 11.6. The summed E-state index contributed by atoms with van der Waals surface area (Å²) < 4.78 is 0. The average Bonchev–Trinajstić information content (AvgIpc) is 2.28. The molecule has 2 N–H and O–H groups in total. The van der Waals surface area contributed by atoms with Crippen molar-refractivity contribution in [2.24, 2.45) is 17.6 Å². The lowest BCUT2D eigenvalue weighted by atomic mass is 9.84. The first-order chi connectivity index (χ1) is 7.54. The van der Waals surface area contributed by atoms with E-state index in [9.17, 15) is 0 Å². The molecule has 1 aliphatic rings. The highest BCUT2D eigenvalue weighted by Crippen LogP contribution is 2.29. The third-order valence-electron chi connectivity index (χ3n) is 4.49. The van der Waals surface area contributed by atoms with Gasteiger partial charge in [-0.3, -0.25) is 0 Å². The predicted octanol–water partition coefficient (Wildman–Crippen LogP) is 2.87. The fourth-order valence-corrected chi connectivity index (χ4v) is 2.76. The minimum Gasteiger partial charge on any atom is -0.328 e. The average molecular weight is 226 g/mol. The topological polar surface area (TPSA) is 29.3 Å². The summed E-state index contributed by atoms with van der Waals surface area (Å²) in [6.45, 7) is 7.86. The van der Waals surface area contributed by atoms with Gasteiger partial charge in [-0.2, -0.15) is 0 Å². The molecule has 0 aliphatic heterocycles. The third-order valence-corrected chi connectivity index (χ3v) is 4.49. The van der Waals surface area contributed by atoms with E-state index in [-0.39, 0.29) is 0 Å². The Hall–Kier alpha value is -0.0800. The first kappa shape index (κ1) is 14.0. The van der Waals surface area contributed by atoms with Gasteiger partial charge >= 0.3 is 0 Å². The van der Waals surface area contributed by atoms with Crippen LogP contribution < -0.4 is 5.73 Å². The Bertz CT molecular complexity index is 183. The summed E-state index contributed by atoms with van der Waals surface area (Å²) in [6.07, 6.45) is 7.00. The van der Waals surface area contributed by atoms with Gasteiger partial charge in [-0.1, -0.05) is 20.3 Å². The van der Waals surface area contributed by atoms with Crippen LogP contribution in [0.4, 0.5) is 0 Å². The maximum atomic E-state index is 5.93. The molecule has 0 aromatic heterocycles. The molecule has 2 heteroatoms. The molecule has 0 aromatic rings. The molecule has 0 bridgehead atoms. The minimum absolute atomic E-state index is 0.314. The van der Waals surface area contributed by atoms with Crippen molar-refractivity contribution in [1.29, 1.82) is 0 Å². The Kier molecular flexibility index (Phi) is 5.77. The SMILES string of the molecule is CCC1CCC(N(C)CC(C)C(C)N)CC1. The molecule has 16 heavy (non-hydrogen) atoms. The molecule has 0 spiro atoms. The first-order valence-corrected chi connectivity index (χ1v) is 7.00. The third kappa shape index (κ3) is 4.06. The molecule has 2 unspecified atom stereocenters. The minimum atomic E-state index is 0.314. The van der Waals surface area contributed by atoms with Crippen molar-refractivity contribution in [3.63, 3.8) is 0 Å². The van der Waals surface area contributed by atoms with Crippen molar-refractivity contribution in [3.8, 4) is 0 Å². The van der Waals surface area contributed by atoms with Crippen LogP contribution in [0.3, 0.4) is 0 Å². The van der Waals surface area contributed by atoms with Gasteiger partial charge < -0.3 is 10.6 Å². The van der Waals surface area contributed by atoms with Crippen LogP contribution in [-0.2, 0) is 0 Å². The van der Waals surface area contributed by atoms with Gasteiger partial charge in [-0.05, 0) is 51.5 Å². The molecule has 1 aliphatic carbocycles. The first-order valence-electron chi connectivity index (χ1n) is 7.00. The number of nitrogens with zero attached hydrogens (tertiary/aromatic N) is 1. The van der Waals surface area contributed by atoms with E-state index in [0.717, 1.165) is 18.5 Å². The normalized spacial score (nSPS) is 30.4.